The molecule has 1 aliphatic rings. The molecule has 1 aromatic rings. The van der Waals surface area contributed by atoms with Gasteiger partial charge in [0.05, 0.1) is 0 Å². The summed E-state index contributed by atoms with van der Waals surface area (Å²) >= 11 is 0. The maximum atomic E-state index is 13.2. The second-order valence-corrected chi connectivity index (χ2v) is 5.58. The Labute approximate surface area is 116 Å². The van der Waals surface area contributed by atoms with Crippen LogP contribution < -0.4 is 5.32 Å². The Morgan fingerprint density at radius 2 is 2.05 bits per heavy atom. The molecule has 0 spiro atoms. The minimum Gasteiger partial charge on any atom is -0.310 e. The number of likely N-dealkylation sites (tertiary alicyclic amines) is 1. The van der Waals surface area contributed by atoms with E-state index < -0.39 is 0 Å². The first-order valence-electron chi connectivity index (χ1n) is 7.40. The van der Waals surface area contributed by atoms with Gasteiger partial charge in [0, 0.05) is 12.6 Å². The van der Waals surface area contributed by atoms with Gasteiger partial charge in [0.15, 0.2) is 0 Å². The highest BCUT2D eigenvalue weighted by molar-refractivity contribution is 5.23. The third kappa shape index (κ3) is 4.29. The van der Waals surface area contributed by atoms with Gasteiger partial charge < -0.3 is 10.2 Å². The lowest BCUT2D eigenvalue weighted by atomic mass is 10.0. The van der Waals surface area contributed by atoms with Crippen LogP contribution in [0.15, 0.2) is 18.2 Å². The molecule has 1 aliphatic heterocycles. The summed E-state index contributed by atoms with van der Waals surface area (Å²) in [4.78, 5) is 2.54. The fourth-order valence-electron chi connectivity index (χ4n) is 2.76. The van der Waals surface area contributed by atoms with E-state index in [1.165, 1.54) is 44.5 Å². The molecule has 0 aliphatic carbocycles. The van der Waals surface area contributed by atoms with Gasteiger partial charge in [0.1, 0.15) is 5.82 Å². The van der Waals surface area contributed by atoms with Gasteiger partial charge >= 0.3 is 0 Å². The molecule has 0 bridgehead atoms. The summed E-state index contributed by atoms with van der Waals surface area (Å²) in [6, 6.07) is 5.99. The average molecular weight is 264 g/mol. The molecule has 1 heterocycles. The first-order valence-corrected chi connectivity index (χ1v) is 7.40. The SMILES string of the molecule is CCCN1CCC(NCc2ccc(F)c(C)c2)CC1. The summed E-state index contributed by atoms with van der Waals surface area (Å²) in [6.45, 7) is 8.54. The van der Waals surface area contributed by atoms with Crippen molar-refractivity contribution in [2.75, 3.05) is 19.6 Å². The Bertz CT molecular complexity index is 398. The maximum Gasteiger partial charge on any atom is 0.126 e. The van der Waals surface area contributed by atoms with Crippen LogP contribution in [-0.2, 0) is 6.54 Å². The zero-order chi connectivity index (χ0) is 13.7. The van der Waals surface area contributed by atoms with E-state index in [9.17, 15) is 4.39 Å². The van der Waals surface area contributed by atoms with Crippen LogP contribution in [0.3, 0.4) is 0 Å². The summed E-state index contributed by atoms with van der Waals surface area (Å²) < 4.78 is 13.2. The quantitative estimate of drug-likeness (QED) is 0.879. The van der Waals surface area contributed by atoms with Gasteiger partial charge in [-0.1, -0.05) is 19.1 Å². The summed E-state index contributed by atoms with van der Waals surface area (Å²) in [5.41, 5.74) is 1.91. The van der Waals surface area contributed by atoms with Gasteiger partial charge in [0.2, 0.25) is 0 Å². The summed E-state index contributed by atoms with van der Waals surface area (Å²) in [5, 5.41) is 3.60. The zero-order valence-electron chi connectivity index (χ0n) is 12.1. The van der Waals surface area contributed by atoms with Crippen molar-refractivity contribution in [3.8, 4) is 0 Å². The lowest BCUT2D eigenvalue weighted by Crippen LogP contribution is -2.42. The van der Waals surface area contributed by atoms with Crippen LogP contribution in [0.1, 0.15) is 37.3 Å². The molecule has 3 heteroatoms. The minimum absolute atomic E-state index is 0.114. The second kappa shape index (κ2) is 7.01. The molecule has 0 unspecified atom stereocenters. The van der Waals surface area contributed by atoms with Crippen molar-refractivity contribution in [3.05, 3.63) is 35.1 Å². The fraction of sp³-hybridized carbons (Fsp3) is 0.625. The van der Waals surface area contributed by atoms with E-state index in [4.69, 9.17) is 0 Å². The normalized spacial score (nSPS) is 17.8. The molecule has 0 atom stereocenters. The van der Waals surface area contributed by atoms with Crippen LogP contribution in [0, 0.1) is 12.7 Å². The highest BCUT2D eigenvalue weighted by Gasteiger charge is 2.17. The Morgan fingerprint density at radius 1 is 1.32 bits per heavy atom. The number of rotatable bonds is 5. The summed E-state index contributed by atoms with van der Waals surface area (Å²) in [7, 11) is 0. The van der Waals surface area contributed by atoms with Crippen molar-refractivity contribution in [3.63, 3.8) is 0 Å². The number of halogens is 1. The van der Waals surface area contributed by atoms with Gasteiger partial charge in [-0.25, -0.2) is 4.39 Å². The van der Waals surface area contributed by atoms with E-state index in [-0.39, 0.29) is 5.82 Å². The molecule has 1 saturated heterocycles. The van der Waals surface area contributed by atoms with Crippen molar-refractivity contribution in [1.82, 2.24) is 10.2 Å². The third-order valence-electron chi connectivity index (χ3n) is 3.94. The van der Waals surface area contributed by atoms with Crippen molar-refractivity contribution in [1.29, 1.82) is 0 Å². The Kier molecular flexibility index (Phi) is 5.34. The monoisotopic (exact) mass is 264 g/mol. The van der Waals surface area contributed by atoms with E-state index in [2.05, 4.69) is 17.1 Å². The van der Waals surface area contributed by atoms with Crippen LogP contribution in [0.2, 0.25) is 0 Å². The van der Waals surface area contributed by atoms with E-state index in [0.29, 0.717) is 6.04 Å². The number of hydrogen-bond donors (Lipinski definition) is 1. The number of hydrogen-bond acceptors (Lipinski definition) is 2. The van der Waals surface area contributed by atoms with E-state index >= 15 is 0 Å². The zero-order valence-corrected chi connectivity index (χ0v) is 12.1. The highest BCUT2D eigenvalue weighted by Crippen LogP contribution is 2.13. The van der Waals surface area contributed by atoms with Crippen LogP contribution in [0.25, 0.3) is 0 Å². The maximum absolute atomic E-state index is 13.2. The molecule has 1 aromatic carbocycles. The lowest BCUT2D eigenvalue weighted by Gasteiger charge is -2.32. The molecule has 0 radical (unpaired) electrons. The van der Waals surface area contributed by atoms with E-state index in [0.717, 1.165) is 12.1 Å². The average Bonchev–Trinajstić information content (AvgIpc) is 2.42. The molecule has 106 valence electrons. The van der Waals surface area contributed by atoms with Crippen molar-refractivity contribution >= 4 is 0 Å². The molecule has 2 rings (SSSR count). The molecule has 19 heavy (non-hydrogen) atoms. The predicted molar refractivity (Wildman–Crippen MR) is 77.7 cm³/mol. The van der Waals surface area contributed by atoms with Crippen LogP contribution in [0.5, 0.6) is 0 Å². The first-order chi connectivity index (χ1) is 9.19. The minimum atomic E-state index is -0.114. The summed E-state index contributed by atoms with van der Waals surface area (Å²) in [6.07, 6.45) is 3.69. The van der Waals surface area contributed by atoms with Crippen LogP contribution in [-0.4, -0.2) is 30.6 Å². The number of benzene rings is 1. The number of nitrogens with zero attached hydrogens (tertiary/aromatic N) is 1. The van der Waals surface area contributed by atoms with Gasteiger partial charge in [-0.2, -0.15) is 0 Å². The van der Waals surface area contributed by atoms with Crippen LogP contribution >= 0.6 is 0 Å². The van der Waals surface area contributed by atoms with Crippen molar-refractivity contribution in [2.45, 2.75) is 45.7 Å². The number of nitrogens with one attached hydrogen (secondary N) is 1. The lowest BCUT2D eigenvalue weighted by molar-refractivity contribution is 0.197. The Morgan fingerprint density at radius 3 is 2.68 bits per heavy atom. The number of aryl methyl sites for hydroxylation is 1. The molecular weight excluding hydrogens is 239 g/mol. The van der Waals surface area contributed by atoms with E-state index in [1.807, 2.05) is 19.1 Å². The van der Waals surface area contributed by atoms with Gasteiger partial charge in [-0.05, 0) is 63.0 Å². The van der Waals surface area contributed by atoms with Crippen molar-refractivity contribution < 1.29 is 4.39 Å². The molecule has 1 N–H and O–H groups in total. The predicted octanol–water partition coefficient (Wildman–Crippen LogP) is 3.10. The standard InChI is InChI=1S/C16H25FN2/c1-3-8-19-9-6-15(7-10-19)18-12-14-4-5-16(17)13(2)11-14/h4-5,11,15,18H,3,6-10,12H2,1-2H3. The van der Waals surface area contributed by atoms with Crippen molar-refractivity contribution in [2.24, 2.45) is 0 Å². The molecule has 0 aromatic heterocycles. The highest BCUT2D eigenvalue weighted by atomic mass is 19.1. The Hall–Kier alpha value is -0.930. The van der Waals surface area contributed by atoms with Gasteiger partial charge in [0.25, 0.3) is 0 Å². The van der Waals surface area contributed by atoms with Gasteiger partial charge in [-0.15, -0.1) is 0 Å². The molecule has 2 nitrogen and oxygen atoms in total. The largest absolute Gasteiger partial charge is 0.310 e. The molecule has 1 fully saturated rings. The smallest absolute Gasteiger partial charge is 0.126 e. The summed E-state index contributed by atoms with van der Waals surface area (Å²) in [5.74, 6) is -0.114. The first kappa shape index (κ1) is 14.5. The van der Waals surface area contributed by atoms with Crippen LogP contribution in [0.4, 0.5) is 4.39 Å². The van der Waals surface area contributed by atoms with E-state index in [1.54, 1.807) is 6.07 Å². The second-order valence-electron chi connectivity index (χ2n) is 5.58. The molecule has 0 saturated carbocycles. The molecule has 0 amide bonds. The fourth-order valence-corrected chi connectivity index (χ4v) is 2.76. The van der Waals surface area contributed by atoms with Gasteiger partial charge in [-0.3, -0.25) is 0 Å². The number of piperidine rings is 1. The Balaban J connectivity index is 1.75. The molecular formula is C16H25FN2. The topological polar surface area (TPSA) is 15.3 Å². The third-order valence-corrected chi connectivity index (χ3v) is 3.94.